The first-order valence-corrected chi connectivity index (χ1v) is 7.54. The lowest BCUT2D eigenvalue weighted by molar-refractivity contribution is -0.142. The molecular formula is C17H23NO3. The van der Waals surface area contributed by atoms with Gasteiger partial charge in [0.15, 0.2) is 0 Å². The van der Waals surface area contributed by atoms with Crippen molar-refractivity contribution >= 4 is 11.9 Å². The molecule has 1 fully saturated rings. The summed E-state index contributed by atoms with van der Waals surface area (Å²) in [7, 11) is 0. The van der Waals surface area contributed by atoms with Crippen molar-refractivity contribution < 1.29 is 14.7 Å². The Labute approximate surface area is 125 Å². The number of benzene rings is 1. The topological polar surface area (TPSA) is 66.4 Å². The molecule has 21 heavy (non-hydrogen) atoms. The summed E-state index contributed by atoms with van der Waals surface area (Å²) in [4.78, 5) is 23.1. The molecule has 2 N–H and O–H groups in total. The number of carbonyl (C=O) groups excluding carboxylic acids is 1. The normalized spacial score (nSPS) is 15.5. The molecule has 2 rings (SSSR count). The van der Waals surface area contributed by atoms with Gasteiger partial charge in [-0.1, -0.05) is 36.6 Å². The van der Waals surface area contributed by atoms with Crippen LogP contribution in [0.25, 0.3) is 0 Å². The lowest BCUT2D eigenvalue weighted by Crippen LogP contribution is -2.41. The van der Waals surface area contributed by atoms with Gasteiger partial charge in [0, 0.05) is 6.42 Å². The van der Waals surface area contributed by atoms with Gasteiger partial charge in [-0.3, -0.25) is 4.79 Å². The Kier molecular flexibility index (Phi) is 4.99. The molecule has 0 spiro atoms. The predicted octanol–water partition coefficient (Wildman–Crippen LogP) is 2.61. The number of nitrogens with one attached hydrogen (secondary N) is 1. The van der Waals surface area contributed by atoms with Gasteiger partial charge in [-0.25, -0.2) is 4.79 Å². The Hall–Kier alpha value is -1.84. The van der Waals surface area contributed by atoms with Crippen molar-refractivity contribution in [3.05, 3.63) is 34.9 Å². The molecule has 1 aliphatic rings. The van der Waals surface area contributed by atoms with Crippen LogP contribution in [0, 0.1) is 19.8 Å². The Bertz CT molecular complexity index is 535. The SMILES string of the molecule is Cc1ccc(CCC(=O)NC(CC2CC2)C(=O)O)c(C)c1. The molecule has 0 aromatic heterocycles. The highest BCUT2D eigenvalue weighted by molar-refractivity contribution is 5.83. The average molecular weight is 289 g/mol. The van der Waals surface area contributed by atoms with Crippen LogP contribution in [0.1, 0.15) is 42.4 Å². The number of amides is 1. The van der Waals surface area contributed by atoms with Crippen molar-refractivity contribution in [1.82, 2.24) is 5.32 Å². The van der Waals surface area contributed by atoms with E-state index >= 15 is 0 Å². The minimum atomic E-state index is -0.929. The third kappa shape index (κ3) is 4.88. The van der Waals surface area contributed by atoms with Crippen LogP contribution in [0.3, 0.4) is 0 Å². The minimum Gasteiger partial charge on any atom is -0.480 e. The molecule has 1 atom stereocenters. The molecule has 0 aliphatic heterocycles. The number of hydrogen-bond acceptors (Lipinski definition) is 2. The van der Waals surface area contributed by atoms with E-state index in [-0.39, 0.29) is 5.91 Å². The maximum Gasteiger partial charge on any atom is 0.326 e. The summed E-state index contributed by atoms with van der Waals surface area (Å²) >= 11 is 0. The van der Waals surface area contributed by atoms with Crippen molar-refractivity contribution in [2.75, 3.05) is 0 Å². The number of carboxylic acid groups (broad SMARTS) is 1. The molecule has 0 radical (unpaired) electrons. The number of aryl methyl sites for hydroxylation is 3. The molecule has 114 valence electrons. The molecule has 4 nitrogen and oxygen atoms in total. The third-order valence-corrected chi connectivity index (χ3v) is 4.02. The lowest BCUT2D eigenvalue weighted by atomic mass is 10.0. The van der Waals surface area contributed by atoms with E-state index in [1.54, 1.807) is 0 Å². The van der Waals surface area contributed by atoms with Crippen LogP contribution in [0.2, 0.25) is 0 Å². The summed E-state index contributed by atoms with van der Waals surface area (Å²) in [5, 5.41) is 11.8. The summed E-state index contributed by atoms with van der Waals surface area (Å²) in [6.07, 6.45) is 3.71. The van der Waals surface area contributed by atoms with Gasteiger partial charge >= 0.3 is 5.97 Å². The highest BCUT2D eigenvalue weighted by Gasteiger charge is 2.30. The maximum absolute atomic E-state index is 11.9. The standard InChI is InChI=1S/C17H23NO3/c1-11-3-6-14(12(2)9-11)7-8-16(19)18-15(17(20)21)10-13-4-5-13/h3,6,9,13,15H,4-5,7-8,10H2,1-2H3,(H,18,19)(H,20,21). The fourth-order valence-electron chi connectivity index (χ4n) is 2.55. The fourth-order valence-corrected chi connectivity index (χ4v) is 2.55. The van der Waals surface area contributed by atoms with Gasteiger partial charge in [0.25, 0.3) is 0 Å². The van der Waals surface area contributed by atoms with E-state index in [0.717, 1.165) is 18.4 Å². The van der Waals surface area contributed by atoms with Gasteiger partial charge in [0.05, 0.1) is 0 Å². The molecule has 1 aromatic carbocycles. The molecule has 1 amide bonds. The van der Waals surface area contributed by atoms with Gasteiger partial charge in [0.1, 0.15) is 6.04 Å². The Morgan fingerprint density at radius 3 is 2.62 bits per heavy atom. The molecule has 0 heterocycles. The van der Waals surface area contributed by atoms with E-state index in [2.05, 4.69) is 11.4 Å². The zero-order valence-electron chi connectivity index (χ0n) is 12.7. The summed E-state index contributed by atoms with van der Waals surface area (Å²) in [5.41, 5.74) is 3.52. The van der Waals surface area contributed by atoms with Crippen molar-refractivity contribution in [3.8, 4) is 0 Å². The number of rotatable bonds is 7. The van der Waals surface area contributed by atoms with Crippen molar-refractivity contribution in [1.29, 1.82) is 0 Å². The lowest BCUT2D eigenvalue weighted by Gasteiger charge is -2.14. The molecule has 1 aromatic rings. The Balaban J connectivity index is 1.84. The monoisotopic (exact) mass is 289 g/mol. The van der Waals surface area contributed by atoms with Crippen LogP contribution < -0.4 is 5.32 Å². The van der Waals surface area contributed by atoms with Crippen LogP contribution in [0.4, 0.5) is 0 Å². The molecule has 0 saturated heterocycles. The maximum atomic E-state index is 11.9. The van der Waals surface area contributed by atoms with Gasteiger partial charge < -0.3 is 10.4 Å². The van der Waals surface area contributed by atoms with E-state index < -0.39 is 12.0 Å². The Morgan fingerprint density at radius 1 is 1.33 bits per heavy atom. The first kappa shape index (κ1) is 15.5. The van der Waals surface area contributed by atoms with Gasteiger partial charge in [0.2, 0.25) is 5.91 Å². The summed E-state index contributed by atoms with van der Waals surface area (Å²) in [6.45, 7) is 4.08. The zero-order valence-corrected chi connectivity index (χ0v) is 12.7. The smallest absolute Gasteiger partial charge is 0.326 e. The van der Waals surface area contributed by atoms with Crippen LogP contribution >= 0.6 is 0 Å². The second-order valence-electron chi connectivity index (χ2n) is 6.07. The van der Waals surface area contributed by atoms with E-state index in [0.29, 0.717) is 25.2 Å². The van der Waals surface area contributed by atoms with Crippen molar-refractivity contribution in [2.45, 2.75) is 52.0 Å². The molecule has 1 unspecified atom stereocenters. The number of aliphatic carboxylic acids is 1. The third-order valence-electron chi connectivity index (χ3n) is 4.02. The van der Waals surface area contributed by atoms with Crippen molar-refractivity contribution in [2.24, 2.45) is 5.92 Å². The second kappa shape index (κ2) is 6.74. The zero-order chi connectivity index (χ0) is 15.4. The van der Waals surface area contributed by atoms with E-state index in [1.165, 1.54) is 11.1 Å². The van der Waals surface area contributed by atoms with E-state index in [4.69, 9.17) is 5.11 Å². The quantitative estimate of drug-likeness (QED) is 0.811. The van der Waals surface area contributed by atoms with Crippen molar-refractivity contribution in [3.63, 3.8) is 0 Å². The minimum absolute atomic E-state index is 0.178. The van der Waals surface area contributed by atoms with Crippen LogP contribution in [-0.2, 0) is 16.0 Å². The number of hydrogen-bond donors (Lipinski definition) is 2. The van der Waals surface area contributed by atoms with Gasteiger partial charge in [-0.2, -0.15) is 0 Å². The molecular weight excluding hydrogens is 266 g/mol. The highest BCUT2D eigenvalue weighted by Crippen LogP contribution is 2.33. The van der Waals surface area contributed by atoms with Crippen LogP contribution in [-0.4, -0.2) is 23.0 Å². The fraction of sp³-hybridized carbons (Fsp3) is 0.529. The number of carbonyl (C=O) groups is 2. The first-order valence-electron chi connectivity index (χ1n) is 7.54. The van der Waals surface area contributed by atoms with Gasteiger partial charge in [-0.05, 0) is 43.7 Å². The largest absolute Gasteiger partial charge is 0.480 e. The predicted molar refractivity (Wildman–Crippen MR) is 81.1 cm³/mol. The van der Waals surface area contributed by atoms with Crippen LogP contribution in [0.15, 0.2) is 18.2 Å². The molecule has 0 bridgehead atoms. The van der Waals surface area contributed by atoms with E-state index in [9.17, 15) is 9.59 Å². The first-order chi connectivity index (χ1) is 9.95. The van der Waals surface area contributed by atoms with Crippen LogP contribution in [0.5, 0.6) is 0 Å². The average Bonchev–Trinajstić information content (AvgIpc) is 3.21. The van der Waals surface area contributed by atoms with Gasteiger partial charge in [-0.15, -0.1) is 0 Å². The summed E-state index contributed by atoms with van der Waals surface area (Å²) in [5.74, 6) is -0.629. The Morgan fingerprint density at radius 2 is 2.05 bits per heavy atom. The molecule has 4 heteroatoms. The molecule has 1 aliphatic carbocycles. The van der Waals surface area contributed by atoms with E-state index in [1.807, 2.05) is 26.0 Å². The summed E-state index contributed by atoms with van der Waals surface area (Å²) in [6, 6.07) is 5.44. The molecule has 1 saturated carbocycles. The second-order valence-corrected chi connectivity index (χ2v) is 6.07. The summed E-state index contributed by atoms with van der Waals surface area (Å²) < 4.78 is 0. The number of carboxylic acids is 1. The highest BCUT2D eigenvalue weighted by atomic mass is 16.4.